The Bertz CT molecular complexity index is 40.4. The van der Waals surface area contributed by atoms with E-state index in [9.17, 15) is 0 Å². The Hall–Kier alpha value is 0.157. The van der Waals surface area contributed by atoms with Gasteiger partial charge in [-0.25, -0.2) is 0 Å². The molecule has 5 heavy (non-hydrogen) atoms. The molecule has 0 aromatic heterocycles. The predicted octanol–water partition coefficient (Wildman–Crippen LogP) is 0.649. The monoisotopic (exact) mass is 61.1 g/mol. The first-order valence-corrected chi connectivity index (χ1v) is 1.25. The molecule has 0 fully saturated rings. The molecule has 0 unspecified atom stereocenters. The Morgan fingerprint density at radius 2 is 1.20 bits per heavy atom. The molecule has 0 N–H and O–H groups in total. The second kappa shape index (κ2) is 8.90. The van der Waals surface area contributed by atoms with Crippen LogP contribution >= 0.6 is 0 Å². The SMILES string of the molecule is CC#CC.[Li]. The minimum atomic E-state index is 0. The molecule has 0 saturated carbocycles. The van der Waals surface area contributed by atoms with Gasteiger partial charge >= 0.3 is 0 Å². The van der Waals surface area contributed by atoms with Crippen LogP contribution in [0.4, 0.5) is 0 Å². The minimum Gasteiger partial charge on any atom is -0.107 e. The van der Waals surface area contributed by atoms with Gasteiger partial charge in [0.15, 0.2) is 0 Å². The zero-order valence-electron chi connectivity index (χ0n) is 4.00. The number of hydrogen-bond donors (Lipinski definition) is 0. The maximum absolute atomic E-state index is 2.68. The Labute approximate surface area is 45.1 Å². The fourth-order valence-electron chi connectivity index (χ4n) is 0. The summed E-state index contributed by atoms with van der Waals surface area (Å²) >= 11 is 0. The van der Waals surface area contributed by atoms with Crippen LogP contribution in [0.1, 0.15) is 13.8 Å². The van der Waals surface area contributed by atoms with E-state index >= 15 is 0 Å². The van der Waals surface area contributed by atoms with E-state index in [0.717, 1.165) is 0 Å². The molecular formula is C4H6Li. The van der Waals surface area contributed by atoms with E-state index in [4.69, 9.17) is 0 Å². The van der Waals surface area contributed by atoms with Gasteiger partial charge in [0, 0.05) is 18.9 Å². The van der Waals surface area contributed by atoms with Gasteiger partial charge in [0.1, 0.15) is 0 Å². The van der Waals surface area contributed by atoms with E-state index < -0.39 is 0 Å². The maximum Gasteiger partial charge on any atom is 0 e. The Kier molecular flexibility index (Phi) is 15.9. The van der Waals surface area contributed by atoms with Gasteiger partial charge < -0.3 is 0 Å². The Balaban J connectivity index is 0. The standard InChI is InChI=1S/C4H6.Li/c1-3-4-2;/h1-2H3;. The van der Waals surface area contributed by atoms with E-state index in [2.05, 4.69) is 11.8 Å². The molecule has 0 aromatic rings. The first kappa shape index (κ1) is 8.94. The molecule has 0 atom stereocenters. The third kappa shape index (κ3) is 14.4. The first-order chi connectivity index (χ1) is 1.91. The van der Waals surface area contributed by atoms with Crippen LogP contribution in [-0.4, -0.2) is 18.9 Å². The molecule has 0 aliphatic rings. The van der Waals surface area contributed by atoms with Gasteiger partial charge in [-0.1, -0.05) is 0 Å². The summed E-state index contributed by atoms with van der Waals surface area (Å²) in [4.78, 5) is 0. The summed E-state index contributed by atoms with van der Waals surface area (Å²) in [5, 5.41) is 0. The minimum absolute atomic E-state index is 0. The van der Waals surface area contributed by atoms with Crippen molar-refractivity contribution in [3.8, 4) is 11.8 Å². The van der Waals surface area contributed by atoms with Crippen molar-refractivity contribution >= 4 is 18.9 Å². The molecule has 1 radical (unpaired) electrons. The fraction of sp³-hybridized carbons (Fsp3) is 0.500. The summed E-state index contributed by atoms with van der Waals surface area (Å²) < 4.78 is 0. The summed E-state index contributed by atoms with van der Waals surface area (Å²) in [6, 6.07) is 0. The van der Waals surface area contributed by atoms with Gasteiger partial charge in [0.2, 0.25) is 0 Å². The van der Waals surface area contributed by atoms with Crippen molar-refractivity contribution in [1.82, 2.24) is 0 Å². The molecule has 0 bridgehead atoms. The zero-order valence-corrected chi connectivity index (χ0v) is 4.00. The largest absolute Gasteiger partial charge is 0.107 e. The second-order valence-corrected chi connectivity index (χ2v) is 0.500. The van der Waals surface area contributed by atoms with E-state index in [-0.39, 0.29) is 18.9 Å². The Morgan fingerprint density at radius 1 is 1.00 bits per heavy atom. The maximum atomic E-state index is 2.68. The van der Waals surface area contributed by atoms with Crippen LogP contribution in [0, 0.1) is 11.8 Å². The van der Waals surface area contributed by atoms with Gasteiger partial charge in [-0.2, -0.15) is 0 Å². The smallest absolute Gasteiger partial charge is 0 e. The number of rotatable bonds is 0. The van der Waals surface area contributed by atoms with Crippen molar-refractivity contribution in [1.29, 1.82) is 0 Å². The topological polar surface area (TPSA) is 0 Å². The van der Waals surface area contributed by atoms with E-state index in [1.165, 1.54) is 0 Å². The van der Waals surface area contributed by atoms with Crippen molar-refractivity contribution in [3.05, 3.63) is 0 Å². The van der Waals surface area contributed by atoms with Crippen LogP contribution in [0.3, 0.4) is 0 Å². The summed E-state index contributed by atoms with van der Waals surface area (Å²) in [6.07, 6.45) is 0. The summed E-state index contributed by atoms with van der Waals surface area (Å²) in [5.74, 6) is 5.36. The first-order valence-electron chi connectivity index (χ1n) is 1.25. The van der Waals surface area contributed by atoms with Crippen LogP contribution in [0.25, 0.3) is 0 Å². The molecule has 0 nitrogen and oxygen atoms in total. The summed E-state index contributed by atoms with van der Waals surface area (Å²) in [6.45, 7) is 3.64. The summed E-state index contributed by atoms with van der Waals surface area (Å²) in [7, 11) is 0. The molecule has 0 aromatic carbocycles. The quantitative estimate of drug-likeness (QED) is 0.285. The molecule has 0 heterocycles. The second-order valence-electron chi connectivity index (χ2n) is 0.500. The third-order valence-electron chi connectivity index (χ3n) is 0.250. The average Bonchev–Trinajstić information content (AvgIpc) is 1.37. The van der Waals surface area contributed by atoms with Crippen molar-refractivity contribution in [2.24, 2.45) is 0 Å². The van der Waals surface area contributed by atoms with E-state index in [0.29, 0.717) is 0 Å². The van der Waals surface area contributed by atoms with Gasteiger partial charge in [0.25, 0.3) is 0 Å². The molecule has 0 rings (SSSR count). The average molecular weight is 61.0 g/mol. The molecule has 0 aliphatic carbocycles. The molecule has 1 heteroatoms. The molecule has 23 valence electrons. The van der Waals surface area contributed by atoms with Gasteiger partial charge in [0.05, 0.1) is 0 Å². The van der Waals surface area contributed by atoms with Gasteiger partial charge in [-0.3, -0.25) is 0 Å². The fourth-order valence-corrected chi connectivity index (χ4v) is 0. The van der Waals surface area contributed by atoms with E-state index in [1.54, 1.807) is 0 Å². The van der Waals surface area contributed by atoms with Crippen LogP contribution in [-0.2, 0) is 0 Å². The van der Waals surface area contributed by atoms with Gasteiger partial charge in [-0.05, 0) is 13.8 Å². The molecule has 0 amide bonds. The summed E-state index contributed by atoms with van der Waals surface area (Å²) in [5.41, 5.74) is 0. The molecular weight excluding hydrogens is 55.0 g/mol. The normalized spacial score (nSPS) is 2.80. The van der Waals surface area contributed by atoms with Crippen LogP contribution in [0.2, 0.25) is 0 Å². The molecule has 0 saturated heterocycles. The van der Waals surface area contributed by atoms with Crippen molar-refractivity contribution in [2.75, 3.05) is 0 Å². The van der Waals surface area contributed by atoms with Crippen LogP contribution < -0.4 is 0 Å². The van der Waals surface area contributed by atoms with Crippen molar-refractivity contribution in [2.45, 2.75) is 13.8 Å². The van der Waals surface area contributed by atoms with Crippen LogP contribution in [0.15, 0.2) is 0 Å². The molecule has 0 spiro atoms. The number of hydrogen-bond acceptors (Lipinski definition) is 0. The van der Waals surface area contributed by atoms with Crippen LogP contribution in [0.5, 0.6) is 0 Å². The van der Waals surface area contributed by atoms with Crippen molar-refractivity contribution in [3.63, 3.8) is 0 Å². The predicted molar refractivity (Wildman–Crippen MR) is 24.9 cm³/mol. The van der Waals surface area contributed by atoms with Gasteiger partial charge in [-0.15, -0.1) is 11.8 Å². The zero-order chi connectivity index (χ0) is 3.41. The van der Waals surface area contributed by atoms with Crippen molar-refractivity contribution < 1.29 is 0 Å². The Morgan fingerprint density at radius 3 is 1.20 bits per heavy atom. The molecule has 0 aliphatic heterocycles. The third-order valence-corrected chi connectivity index (χ3v) is 0.250. The van der Waals surface area contributed by atoms with E-state index in [1.807, 2.05) is 13.8 Å².